The third kappa shape index (κ3) is 5.20. The van der Waals surface area contributed by atoms with Crippen molar-refractivity contribution >= 4 is 14.0 Å². The Balaban J connectivity index is 2.25. The third-order valence-electron chi connectivity index (χ3n) is 3.73. The highest BCUT2D eigenvalue weighted by molar-refractivity contribution is 6.76. The summed E-state index contributed by atoms with van der Waals surface area (Å²) >= 11 is 0. The van der Waals surface area contributed by atoms with Gasteiger partial charge in [-0.2, -0.15) is 15.3 Å². The van der Waals surface area contributed by atoms with Crippen molar-refractivity contribution < 1.29 is 14.3 Å². The highest BCUT2D eigenvalue weighted by Gasteiger charge is 2.23. The fourth-order valence-electron chi connectivity index (χ4n) is 2.34. The molecule has 0 aliphatic rings. The second kappa shape index (κ2) is 8.35. The molecule has 8 heteroatoms. The van der Waals surface area contributed by atoms with Crippen molar-refractivity contribution in [2.24, 2.45) is 0 Å². The molecule has 0 unspecified atom stereocenters. The van der Waals surface area contributed by atoms with Gasteiger partial charge in [0, 0.05) is 25.8 Å². The number of esters is 1. The van der Waals surface area contributed by atoms with Crippen LogP contribution < -0.4 is 0 Å². The Bertz CT molecular complexity index is 711. The van der Waals surface area contributed by atoms with Gasteiger partial charge in [0.1, 0.15) is 6.73 Å². The fraction of sp³-hybridized carbons (Fsp3) is 0.529. The molecule has 0 aliphatic heterocycles. The molecule has 0 bridgehead atoms. The Hall–Kier alpha value is -2.06. The number of carbonyl (C=O) groups is 1. The minimum atomic E-state index is -1.16. The van der Waals surface area contributed by atoms with Crippen LogP contribution in [0.5, 0.6) is 0 Å². The van der Waals surface area contributed by atoms with E-state index in [0.717, 1.165) is 17.2 Å². The molecule has 2 heterocycles. The van der Waals surface area contributed by atoms with E-state index in [1.807, 2.05) is 13.0 Å². The highest BCUT2D eigenvalue weighted by Crippen LogP contribution is 2.24. The van der Waals surface area contributed by atoms with Crippen LogP contribution in [-0.4, -0.2) is 47.2 Å². The molecule has 0 aromatic carbocycles. The zero-order chi connectivity index (χ0) is 18.4. The van der Waals surface area contributed by atoms with Crippen LogP contribution in [0.1, 0.15) is 23.0 Å². The summed E-state index contributed by atoms with van der Waals surface area (Å²) in [5.41, 5.74) is 2.66. The lowest BCUT2D eigenvalue weighted by Crippen LogP contribution is -2.22. The second-order valence-corrected chi connectivity index (χ2v) is 12.6. The van der Waals surface area contributed by atoms with E-state index < -0.39 is 14.0 Å². The number of rotatable bonds is 8. The maximum absolute atomic E-state index is 12.4. The summed E-state index contributed by atoms with van der Waals surface area (Å²) in [5, 5.41) is 12.2. The standard InChI is InChI=1S/C17H26N4O3Si/c1-6-24-17(22)16-13(2)15(14-7-8-18-19-11-14)20-21(16)12-23-9-10-25(3,4)5/h7-8,11H,6,9-10,12H2,1-5H3. The van der Waals surface area contributed by atoms with E-state index in [1.54, 1.807) is 24.0 Å². The summed E-state index contributed by atoms with van der Waals surface area (Å²) in [5.74, 6) is -0.394. The van der Waals surface area contributed by atoms with Gasteiger partial charge in [-0.3, -0.25) is 0 Å². The molecular formula is C17H26N4O3Si. The first kappa shape index (κ1) is 19.3. The molecule has 0 fully saturated rings. The first-order valence-corrected chi connectivity index (χ1v) is 12.1. The van der Waals surface area contributed by atoms with E-state index in [9.17, 15) is 4.79 Å². The monoisotopic (exact) mass is 362 g/mol. The summed E-state index contributed by atoms with van der Waals surface area (Å²) in [4.78, 5) is 12.4. The molecule has 2 rings (SSSR count). The highest BCUT2D eigenvalue weighted by atomic mass is 28.3. The van der Waals surface area contributed by atoms with Gasteiger partial charge in [0.25, 0.3) is 0 Å². The molecule has 0 saturated heterocycles. The SMILES string of the molecule is CCOC(=O)c1c(C)c(-c2ccnnc2)nn1COCC[Si](C)(C)C. The molecule has 2 aromatic rings. The van der Waals surface area contributed by atoms with Crippen LogP contribution in [0.25, 0.3) is 11.3 Å². The van der Waals surface area contributed by atoms with Gasteiger partial charge in [-0.25, -0.2) is 9.48 Å². The zero-order valence-corrected chi connectivity index (χ0v) is 16.6. The smallest absolute Gasteiger partial charge is 0.356 e. The Labute approximate surface area is 149 Å². The van der Waals surface area contributed by atoms with Gasteiger partial charge in [0.2, 0.25) is 0 Å². The molecular weight excluding hydrogens is 336 g/mol. The maximum Gasteiger partial charge on any atom is 0.356 e. The minimum absolute atomic E-state index is 0.220. The van der Waals surface area contributed by atoms with Crippen molar-refractivity contribution in [1.82, 2.24) is 20.0 Å². The lowest BCUT2D eigenvalue weighted by Gasteiger charge is -2.15. The zero-order valence-electron chi connectivity index (χ0n) is 15.6. The average molecular weight is 363 g/mol. The van der Waals surface area contributed by atoms with Crippen LogP contribution in [-0.2, 0) is 16.2 Å². The predicted octanol–water partition coefficient (Wildman–Crippen LogP) is 3.14. The molecule has 0 radical (unpaired) electrons. The van der Waals surface area contributed by atoms with Crippen LogP contribution in [0.2, 0.25) is 25.7 Å². The number of ether oxygens (including phenoxy) is 2. The minimum Gasteiger partial charge on any atom is -0.461 e. The van der Waals surface area contributed by atoms with E-state index in [0.29, 0.717) is 24.6 Å². The second-order valence-electron chi connectivity index (χ2n) is 7.02. The molecule has 0 aliphatic carbocycles. The third-order valence-corrected chi connectivity index (χ3v) is 5.43. The molecule has 0 amide bonds. The van der Waals surface area contributed by atoms with Gasteiger partial charge in [-0.05, 0) is 26.0 Å². The first-order chi connectivity index (χ1) is 11.8. The first-order valence-electron chi connectivity index (χ1n) is 8.43. The van der Waals surface area contributed by atoms with Gasteiger partial charge in [0.15, 0.2) is 5.69 Å². The normalized spacial score (nSPS) is 11.6. The largest absolute Gasteiger partial charge is 0.461 e. The van der Waals surface area contributed by atoms with Crippen molar-refractivity contribution in [3.8, 4) is 11.3 Å². The fourth-order valence-corrected chi connectivity index (χ4v) is 3.09. The quantitative estimate of drug-likeness (QED) is 0.408. The van der Waals surface area contributed by atoms with Gasteiger partial charge in [0.05, 0.1) is 24.7 Å². The summed E-state index contributed by atoms with van der Waals surface area (Å²) in [6, 6.07) is 2.87. The predicted molar refractivity (Wildman–Crippen MR) is 98.1 cm³/mol. The van der Waals surface area contributed by atoms with Crippen molar-refractivity contribution in [3.05, 3.63) is 29.7 Å². The molecule has 0 spiro atoms. The Kier molecular flexibility index (Phi) is 6.43. The Morgan fingerprint density at radius 3 is 2.64 bits per heavy atom. The van der Waals surface area contributed by atoms with Gasteiger partial charge >= 0.3 is 5.97 Å². The molecule has 25 heavy (non-hydrogen) atoms. The van der Waals surface area contributed by atoms with E-state index in [2.05, 4.69) is 34.9 Å². The van der Waals surface area contributed by atoms with Crippen LogP contribution in [0.15, 0.2) is 18.5 Å². The number of aromatic nitrogens is 4. The van der Waals surface area contributed by atoms with Crippen molar-refractivity contribution in [3.63, 3.8) is 0 Å². The summed E-state index contributed by atoms with van der Waals surface area (Å²) in [6.07, 6.45) is 3.23. The molecule has 0 N–H and O–H groups in total. The molecule has 0 saturated carbocycles. The topological polar surface area (TPSA) is 79.1 Å². The van der Waals surface area contributed by atoms with E-state index in [1.165, 1.54) is 0 Å². The average Bonchev–Trinajstić information content (AvgIpc) is 2.88. The van der Waals surface area contributed by atoms with E-state index in [4.69, 9.17) is 9.47 Å². The molecule has 136 valence electrons. The maximum atomic E-state index is 12.4. The lowest BCUT2D eigenvalue weighted by molar-refractivity contribution is 0.0454. The summed E-state index contributed by atoms with van der Waals surface area (Å²) in [7, 11) is -1.16. The number of hydrogen-bond acceptors (Lipinski definition) is 6. The van der Waals surface area contributed by atoms with Crippen LogP contribution in [0.4, 0.5) is 0 Å². The van der Waals surface area contributed by atoms with Crippen LogP contribution in [0, 0.1) is 6.92 Å². The van der Waals surface area contributed by atoms with Gasteiger partial charge in [-0.1, -0.05) is 19.6 Å². The van der Waals surface area contributed by atoms with Gasteiger partial charge in [-0.15, -0.1) is 0 Å². The van der Waals surface area contributed by atoms with Gasteiger partial charge < -0.3 is 9.47 Å². The van der Waals surface area contributed by atoms with E-state index in [-0.39, 0.29) is 6.73 Å². The molecule has 2 aromatic heterocycles. The van der Waals surface area contributed by atoms with E-state index >= 15 is 0 Å². The molecule has 7 nitrogen and oxygen atoms in total. The van der Waals surface area contributed by atoms with Crippen LogP contribution in [0.3, 0.4) is 0 Å². The Morgan fingerprint density at radius 2 is 2.04 bits per heavy atom. The lowest BCUT2D eigenvalue weighted by atomic mass is 10.1. The summed E-state index contributed by atoms with van der Waals surface area (Å²) < 4.78 is 12.5. The van der Waals surface area contributed by atoms with Crippen molar-refractivity contribution in [2.75, 3.05) is 13.2 Å². The van der Waals surface area contributed by atoms with Crippen molar-refractivity contribution in [2.45, 2.75) is 46.3 Å². The number of nitrogens with zero attached hydrogens (tertiary/aromatic N) is 4. The number of hydrogen-bond donors (Lipinski definition) is 0. The van der Waals surface area contributed by atoms with Crippen molar-refractivity contribution in [1.29, 1.82) is 0 Å². The summed E-state index contributed by atoms with van der Waals surface area (Å²) in [6.45, 7) is 11.7. The Morgan fingerprint density at radius 1 is 1.28 bits per heavy atom. The van der Waals surface area contributed by atoms with Crippen LogP contribution >= 0.6 is 0 Å². The molecule has 0 atom stereocenters. The number of carbonyl (C=O) groups excluding carboxylic acids is 1.